The molecule has 0 bridgehead atoms. The maximum Gasteiger partial charge on any atom is -0.0809 e. The largest absolute Gasteiger partial charge is 0.168 e. The molecule has 30 heavy (non-hydrogen) atoms. The second kappa shape index (κ2) is 14.8. The summed E-state index contributed by atoms with van der Waals surface area (Å²) in [6, 6.07) is 35.6. The fourth-order valence-electron chi connectivity index (χ4n) is 2.79. The molecule has 4 aromatic rings. The number of halogens is 2. The molecule has 0 amide bonds. The van der Waals surface area contributed by atoms with Gasteiger partial charge >= 0.3 is 95.6 Å². The summed E-state index contributed by atoms with van der Waals surface area (Å²) in [6.07, 6.45) is 10.0. The first kappa shape index (κ1) is 26.0. The summed E-state index contributed by atoms with van der Waals surface area (Å²) in [5.74, 6) is 0. The molecule has 0 saturated carbocycles. The van der Waals surface area contributed by atoms with E-state index >= 15 is 0 Å². The molecule has 0 N–H and O–H groups in total. The maximum absolute atomic E-state index is 2.99. The van der Waals surface area contributed by atoms with Crippen LogP contribution in [-0.4, -0.2) is 3.81 Å². The average molecular weight is 467 g/mol. The second-order valence-electron chi connectivity index (χ2n) is 6.26. The van der Waals surface area contributed by atoms with Crippen LogP contribution in [-0.2, 0) is 20.0 Å². The summed E-state index contributed by atoms with van der Waals surface area (Å²) in [5, 5.41) is 2.66. The average Bonchev–Trinajstić information content (AvgIpc) is 3.50. The quantitative estimate of drug-likeness (QED) is 0.212. The van der Waals surface area contributed by atoms with Gasteiger partial charge < -0.3 is 0 Å². The van der Waals surface area contributed by atoms with E-state index in [1.165, 1.54) is 25.7 Å². The summed E-state index contributed by atoms with van der Waals surface area (Å²) >= 11 is 2.16. The van der Waals surface area contributed by atoms with Crippen LogP contribution < -0.4 is 0 Å². The van der Waals surface area contributed by atoms with E-state index in [0.717, 1.165) is 6.42 Å². The van der Waals surface area contributed by atoms with E-state index in [4.69, 9.17) is 0 Å². The Morgan fingerprint density at radius 3 is 1.77 bits per heavy atom. The first-order valence-corrected chi connectivity index (χ1v) is 10.1. The Morgan fingerprint density at radius 1 is 0.733 bits per heavy atom. The summed E-state index contributed by atoms with van der Waals surface area (Å²) in [6.45, 7) is 0. The van der Waals surface area contributed by atoms with E-state index in [1.807, 2.05) is 24.3 Å². The van der Waals surface area contributed by atoms with E-state index in [2.05, 4.69) is 123 Å². The third kappa shape index (κ3) is 8.34. The zero-order chi connectivity index (χ0) is 19.4. The monoisotopic (exact) mass is 466 g/mol. The Balaban J connectivity index is 0.000000242. The van der Waals surface area contributed by atoms with Crippen molar-refractivity contribution < 1.29 is 20.0 Å². The van der Waals surface area contributed by atoms with Gasteiger partial charge in [0, 0.05) is 0 Å². The van der Waals surface area contributed by atoms with Gasteiger partial charge in [0.1, 0.15) is 0 Å². The standard InChI is InChI=1S/C13H10.C9H7.C5H5.2ClH.Ti/c1-3-7-12(8-4-1)11-13-9-5-2-6-10-13;1-2-5-9-7-3-6-8(9)4-1;1-2-4-5-3-1;;;/h1-10H;1-7H;1-3H,4H2;2*1H;/q;2*-1;;;+2. The number of fused-ring (bicyclic) bond motifs is 1. The van der Waals surface area contributed by atoms with Crippen molar-refractivity contribution >= 4 is 39.4 Å². The van der Waals surface area contributed by atoms with Crippen LogP contribution in [0.15, 0.2) is 121 Å². The van der Waals surface area contributed by atoms with Gasteiger partial charge in [-0.05, 0) is 0 Å². The van der Waals surface area contributed by atoms with Crippen molar-refractivity contribution in [2.24, 2.45) is 0 Å². The van der Waals surface area contributed by atoms with Crippen molar-refractivity contribution in [2.75, 3.05) is 0 Å². The molecule has 0 aromatic heterocycles. The third-order valence-corrected chi connectivity index (χ3v) is 5.16. The molecule has 4 aromatic carbocycles. The molecule has 0 saturated heterocycles. The van der Waals surface area contributed by atoms with E-state index in [-0.39, 0.29) is 24.8 Å². The number of benzene rings is 3. The second-order valence-corrected chi connectivity index (χ2v) is 7.05. The van der Waals surface area contributed by atoms with Gasteiger partial charge in [-0.25, -0.2) is 12.2 Å². The molecule has 150 valence electrons. The molecule has 0 heterocycles. The molecule has 0 fully saturated rings. The van der Waals surface area contributed by atoms with Crippen LogP contribution >= 0.6 is 24.8 Å². The Labute approximate surface area is 203 Å². The van der Waals surface area contributed by atoms with E-state index in [1.54, 1.807) is 0 Å². The zero-order valence-electron chi connectivity index (χ0n) is 16.6. The van der Waals surface area contributed by atoms with Gasteiger partial charge in [0.2, 0.25) is 0 Å². The zero-order valence-corrected chi connectivity index (χ0v) is 19.8. The molecule has 0 aliphatic heterocycles. The molecule has 5 rings (SSSR count). The molecule has 1 aliphatic carbocycles. The van der Waals surface area contributed by atoms with Crippen molar-refractivity contribution in [1.82, 2.24) is 0 Å². The van der Waals surface area contributed by atoms with E-state index < -0.39 is 0 Å². The van der Waals surface area contributed by atoms with Crippen molar-refractivity contribution in [1.29, 1.82) is 0 Å². The van der Waals surface area contributed by atoms with Crippen LogP contribution in [0.25, 0.3) is 10.8 Å². The maximum atomic E-state index is 2.99. The number of allylic oxidation sites excluding steroid dienone is 4. The van der Waals surface area contributed by atoms with Crippen molar-refractivity contribution in [3.63, 3.8) is 0 Å². The van der Waals surface area contributed by atoms with Crippen molar-refractivity contribution in [2.45, 2.75) is 6.42 Å². The summed E-state index contributed by atoms with van der Waals surface area (Å²) in [4.78, 5) is 0. The molecule has 0 radical (unpaired) electrons. The smallest absolute Gasteiger partial charge is 0.0809 e. The van der Waals surface area contributed by atoms with Gasteiger partial charge in [-0.1, -0.05) is 6.07 Å². The fraction of sp³-hybridized carbons (Fsp3) is 0.0370. The number of hydrogen-bond acceptors (Lipinski definition) is 0. The van der Waals surface area contributed by atoms with E-state index in [9.17, 15) is 0 Å². The van der Waals surface area contributed by atoms with Crippen LogP contribution in [0, 0.1) is 6.08 Å². The summed E-state index contributed by atoms with van der Waals surface area (Å²) in [5.41, 5.74) is 2.58. The molecule has 1 aliphatic rings. The minimum absolute atomic E-state index is 0. The topological polar surface area (TPSA) is 0 Å². The van der Waals surface area contributed by atoms with Gasteiger partial charge in [-0.3, -0.25) is 6.08 Å². The van der Waals surface area contributed by atoms with Crippen molar-refractivity contribution in [3.8, 4) is 0 Å². The molecule has 0 atom stereocenters. The Bertz CT molecular complexity index is 966. The molecular formula is C27H24Cl2Ti. The Kier molecular flexibility index (Phi) is 12.8. The van der Waals surface area contributed by atoms with Gasteiger partial charge in [-0.15, -0.1) is 60.9 Å². The minimum Gasteiger partial charge on any atom is -0.168 e. The van der Waals surface area contributed by atoms with Crippen LogP contribution in [0.4, 0.5) is 0 Å². The van der Waals surface area contributed by atoms with Crippen LogP contribution in [0.2, 0.25) is 0 Å². The first-order chi connectivity index (χ1) is 13.8. The predicted octanol–water partition coefficient (Wildman–Crippen LogP) is 7.51. The SMILES string of the molecule is Cl.Cl.[C-]1=CC=CC1.[Ti+2]=[C](c1ccccc1)c1ccccc1.c1ccc2[cH-]ccc2c1. The predicted molar refractivity (Wildman–Crippen MR) is 132 cm³/mol. The van der Waals surface area contributed by atoms with Gasteiger partial charge in [-0.2, -0.15) is 23.6 Å². The van der Waals surface area contributed by atoms with Crippen LogP contribution in [0.5, 0.6) is 0 Å². The Morgan fingerprint density at radius 2 is 1.30 bits per heavy atom. The van der Waals surface area contributed by atoms with Gasteiger partial charge in [0.05, 0.1) is 0 Å². The van der Waals surface area contributed by atoms with Crippen molar-refractivity contribution in [3.05, 3.63) is 139 Å². The minimum atomic E-state index is 0. The fourth-order valence-corrected chi connectivity index (χ4v) is 3.31. The van der Waals surface area contributed by atoms with Crippen LogP contribution in [0.1, 0.15) is 17.5 Å². The summed E-state index contributed by atoms with van der Waals surface area (Å²) < 4.78 is 1.33. The molecule has 0 nitrogen and oxygen atoms in total. The normalized spacial score (nSPS) is 10.6. The van der Waals surface area contributed by atoms with Gasteiger partial charge in [0.15, 0.2) is 0 Å². The molecule has 3 heteroatoms. The number of rotatable bonds is 2. The van der Waals surface area contributed by atoms with Gasteiger partial charge in [0.25, 0.3) is 0 Å². The Hall–Kier alpha value is -2.09. The van der Waals surface area contributed by atoms with E-state index in [0.29, 0.717) is 0 Å². The molecule has 0 unspecified atom stereocenters. The third-order valence-electron chi connectivity index (χ3n) is 4.26. The molecular weight excluding hydrogens is 443 g/mol. The molecule has 0 spiro atoms. The first-order valence-electron chi connectivity index (χ1n) is 9.36. The van der Waals surface area contributed by atoms with Crippen LogP contribution in [0.3, 0.4) is 0 Å². The summed E-state index contributed by atoms with van der Waals surface area (Å²) in [7, 11) is 0. The number of hydrogen-bond donors (Lipinski definition) is 0.